The Bertz CT molecular complexity index is 739. The minimum atomic E-state index is 1.03. The molecule has 0 heterocycles. The summed E-state index contributed by atoms with van der Waals surface area (Å²) in [6, 6.07) is 29.6. The molecular weight excluding hydrogens is 264 g/mol. The molecule has 22 heavy (non-hydrogen) atoms. The highest BCUT2D eigenvalue weighted by Crippen LogP contribution is 2.25. The second-order valence-corrected chi connectivity index (χ2v) is 5.49. The lowest BCUT2D eigenvalue weighted by molar-refractivity contribution is 0.956. The van der Waals surface area contributed by atoms with Crippen LogP contribution in [0, 0.1) is 0 Å². The molecule has 0 spiro atoms. The average molecular weight is 284 g/mol. The summed E-state index contributed by atoms with van der Waals surface area (Å²) in [5.41, 5.74) is 6.28. The van der Waals surface area contributed by atoms with Gasteiger partial charge in [0.2, 0.25) is 0 Å². The van der Waals surface area contributed by atoms with Crippen molar-refractivity contribution in [2.24, 2.45) is 0 Å². The summed E-state index contributed by atoms with van der Waals surface area (Å²) in [4.78, 5) is 0. The maximum absolute atomic E-state index is 4.31. The van der Waals surface area contributed by atoms with Gasteiger partial charge in [0.15, 0.2) is 0 Å². The molecule has 0 saturated carbocycles. The molecule has 0 aliphatic heterocycles. The van der Waals surface area contributed by atoms with Gasteiger partial charge in [-0.05, 0) is 40.7 Å². The number of rotatable bonds is 5. The van der Waals surface area contributed by atoms with Crippen molar-refractivity contribution in [1.29, 1.82) is 0 Å². The van der Waals surface area contributed by atoms with Crippen LogP contribution >= 0.6 is 0 Å². The number of hydrogen-bond donors (Lipinski definition) is 0. The Morgan fingerprint density at radius 3 is 1.95 bits per heavy atom. The number of benzene rings is 3. The van der Waals surface area contributed by atoms with Gasteiger partial charge in [-0.3, -0.25) is 0 Å². The Labute approximate surface area is 132 Å². The predicted molar refractivity (Wildman–Crippen MR) is 94.9 cm³/mol. The Kier molecular flexibility index (Phi) is 4.50. The molecule has 0 saturated heterocycles. The van der Waals surface area contributed by atoms with Gasteiger partial charge in [-0.1, -0.05) is 91.5 Å². The standard InChI is InChI=1S/C22H20/c1-18(20-12-6-3-7-13-20)22-15-9-8-14-21(22)17-16-19-10-4-2-5-11-19/h2-15H,1,16-17H2. The quantitative estimate of drug-likeness (QED) is 0.577. The predicted octanol–water partition coefficient (Wildman–Crippen LogP) is 5.53. The molecule has 0 heteroatoms. The lowest BCUT2D eigenvalue weighted by Crippen LogP contribution is -1.97. The Morgan fingerprint density at radius 2 is 1.23 bits per heavy atom. The van der Waals surface area contributed by atoms with Crippen molar-refractivity contribution < 1.29 is 0 Å². The Balaban J connectivity index is 1.82. The van der Waals surface area contributed by atoms with Gasteiger partial charge < -0.3 is 0 Å². The summed E-state index contributed by atoms with van der Waals surface area (Å²) in [6.07, 6.45) is 2.09. The van der Waals surface area contributed by atoms with E-state index in [2.05, 4.69) is 85.4 Å². The maximum Gasteiger partial charge on any atom is -0.0152 e. The molecule has 3 rings (SSSR count). The van der Waals surface area contributed by atoms with Crippen LogP contribution in [0.5, 0.6) is 0 Å². The zero-order valence-corrected chi connectivity index (χ0v) is 12.7. The van der Waals surface area contributed by atoms with Crippen LogP contribution in [0.15, 0.2) is 91.5 Å². The summed E-state index contributed by atoms with van der Waals surface area (Å²) in [6.45, 7) is 4.31. The molecule has 0 unspecified atom stereocenters. The fourth-order valence-electron chi connectivity index (χ4n) is 2.75. The van der Waals surface area contributed by atoms with Crippen LogP contribution in [-0.2, 0) is 12.8 Å². The van der Waals surface area contributed by atoms with Crippen LogP contribution in [0.2, 0.25) is 0 Å². The summed E-state index contributed by atoms with van der Waals surface area (Å²) >= 11 is 0. The van der Waals surface area contributed by atoms with E-state index in [1.54, 1.807) is 0 Å². The molecule has 0 aromatic heterocycles. The summed E-state index contributed by atoms with van der Waals surface area (Å²) in [5, 5.41) is 0. The van der Waals surface area contributed by atoms with E-state index in [1.165, 1.54) is 22.3 Å². The van der Waals surface area contributed by atoms with Crippen LogP contribution in [0.25, 0.3) is 5.57 Å². The fourth-order valence-corrected chi connectivity index (χ4v) is 2.75. The molecule has 0 amide bonds. The zero-order chi connectivity index (χ0) is 15.2. The zero-order valence-electron chi connectivity index (χ0n) is 12.7. The molecule has 0 atom stereocenters. The van der Waals surface area contributed by atoms with Crippen molar-refractivity contribution in [1.82, 2.24) is 0 Å². The van der Waals surface area contributed by atoms with Gasteiger partial charge in [-0.25, -0.2) is 0 Å². The van der Waals surface area contributed by atoms with Crippen molar-refractivity contribution in [3.05, 3.63) is 114 Å². The van der Waals surface area contributed by atoms with Crippen LogP contribution < -0.4 is 0 Å². The van der Waals surface area contributed by atoms with Crippen molar-refractivity contribution >= 4 is 5.57 Å². The Morgan fingerprint density at radius 1 is 0.636 bits per heavy atom. The summed E-state index contributed by atoms with van der Waals surface area (Å²) < 4.78 is 0. The number of hydrogen-bond acceptors (Lipinski definition) is 0. The van der Waals surface area contributed by atoms with Crippen LogP contribution in [0.3, 0.4) is 0 Å². The first-order valence-electron chi connectivity index (χ1n) is 7.71. The molecule has 3 aromatic carbocycles. The van der Waals surface area contributed by atoms with Gasteiger partial charge >= 0.3 is 0 Å². The van der Waals surface area contributed by atoms with Gasteiger partial charge in [0.1, 0.15) is 0 Å². The van der Waals surface area contributed by atoms with E-state index >= 15 is 0 Å². The first-order valence-corrected chi connectivity index (χ1v) is 7.71. The second-order valence-electron chi connectivity index (χ2n) is 5.49. The highest BCUT2D eigenvalue weighted by molar-refractivity contribution is 5.79. The molecule has 0 aliphatic rings. The monoisotopic (exact) mass is 284 g/mol. The maximum atomic E-state index is 4.31. The van der Waals surface area contributed by atoms with Crippen molar-refractivity contribution in [3.63, 3.8) is 0 Å². The molecule has 0 N–H and O–H groups in total. The van der Waals surface area contributed by atoms with E-state index < -0.39 is 0 Å². The van der Waals surface area contributed by atoms with Gasteiger partial charge in [0, 0.05) is 0 Å². The second kappa shape index (κ2) is 6.91. The first kappa shape index (κ1) is 14.3. The van der Waals surface area contributed by atoms with E-state index in [-0.39, 0.29) is 0 Å². The van der Waals surface area contributed by atoms with Gasteiger partial charge in [-0.15, -0.1) is 0 Å². The van der Waals surface area contributed by atoms with Gasteiger partial charge in [-0.2, -0.15) is 0 Å². The minimum Gasteiger partial charge on any atom is -0.0905 e. The SMILES string of the molecule is C=C(c1ccccc1)c1ccccc1CCc1ccccc1. The smallest absolute Gasteiger partial charge is 0.0152 e. The van der Waals surface area contributed by atoms with E-state index in [4.69, 9.17) is 0 Å². The largest absolute Gasteiger partial charge is 0.0905 e. The molecular formula is C22H20. The highest BCUT2D eigenvalue weighted by Gasteiger charge is 2.07. The van der Waals surface area contributed by atoms with Gasteiger partial charge in [0.25, 0.3) is 0 Å². The molecule has 0 bridgehead atoms. The molecule has 0 aliphatic carbocycles. The molecule has 0 fully saturated rings. The Hall–Kier alpha value is -2.60. The summed E-state index contributed by atoms with van der Waals surface area (Å²) in [7, 11) is 0. The lowest BCUT2D eigenvalue weighted by atomic mass is 9.92. The minimum absolute atomic E-state index is 1.03. The molecule has 3 aromatic rings. The number of aryl methyl sites for hydroxylation is 2. The van der Waals surface area contributed by atoms with Crippen LogP contribution in [0.1, 0.15) is 22.3 Å². The third-order valence-corrected chi connectivity index (χ3v) is 3.99. The van der Waals surface area contributed by atoms with Crippen molar-refractivity contribution in [2.45, 2.75) is 12.8 Å². The highest BCUT2D eigenvalue weighted by atomic mass is 14.1. The third-order valence-electron chi connectivity index (χ3n) is 3.99. The van der Waals surface area contributed by atoms with Crippen molar-refractivity contribution in [2.75, 3.05) is 0 Å². The van der Waals surface area contributed by atoms with Crippen molar-refractivity contribution in [3.8, 4) is 0 Å². The first-order chi connectivity index (χ1) is 10.8. The van der Waals surface area contributed by atoms with Crippen LogP contribution in [0.4, 0.5) is 0 Å². The fraction of sp³-hybridized carbons (Fsp3) is 0.0909. The summed E-state index contributed by atoms with van der Waals surface area (Å²) in [5.74, 6) is 0. The van der Waals surface area contributed by atoms with Crippen LogP contribution in [-0.4, -0.2) is 0 Å². The van der Waals surface area contributed by atoms with E-state index in [1.807, 2.05) is 6.07 Å². The lowest BCUT2D eigenvalue weighted by Gasteiger charge is -2.12. The normalized spacial score (nSPS) is 10.4. The molecule has 108 valence electrons. The molecule has 0 nitrogen and oxygen atoms in total. The molecule has 0 radical (unpaired) electrons. The average Bonchev–Trinajstić information content (AvgIpc) is 2.61. The third kappa shape index (κ3) is 3.35. The van der Waals surface area contributed by atoms with E-state index in [0.717, 1.165) is 18.4 Å². The topological polar surface area (TPSA) is 0 Å². The van der Waals surface area contributed by atoms with Gasteiger partial charge in [0.05, 0.1) is 0 Å². The van der Waals surface area contributed by atoms with E-state index in [9.17, 15) is 0 Å². The van der Waals surface area contributed by atoms with E-state index in [0.29, 0.717) is 0 Å².